The van der Waals surface area contributed by atoms with Gasteiger partial charge in [-0.15, -0.1) is 0 Å². The second-order valence-corrected chi connectivity index (χ2v) is 5.89. The van der Waals surface area contributed by atoms with Crippen LogP contribution in [-0.2, 0) is 12.4 Å². The van der Waals surface area contributed by atoms with Crippen molar-refractivity contribution < 1.29 is 36.2 Å². The summed E-state index contributed by atoms with van der Waals surface area (Å²) in [7, 11) is 0. The Morgan fingerprint density at radius 2 is 1.48 bits per heavy atom. The van der Waals surface area contributed by atoms with E-state index >= 15 is 0 Å². The van der Waals surface area contributed by atoms with E-state index in [9.17, 15) is 46.6 Å². The summed E-state index contributed by atoms with van der Waals surface area (Å²) in [6, 6.07) is 0.984. The Morgan fingerprint density at radius 1 is 0.931 bits per heavy atom. The van der Waals surface area contributed by atoms with Crippen LogP contribution in [0.3, 0.4) is 0 Å². The molecule has 1 heterocycles. The number of nitro groups is 2. The molecule has 1 aromatic heterocycles. The zero-order valence-corrected chi connectivity index (χ0v) is 14.7. The fourth-order valence-corrected chi connectivity index (χ4v) is 2.71. The number of anilines is 2. The summed E-state index contributed by atoms with van der Waals surface area (Å²) in [6.07, 6.45) is -10.2. The van der Waals surface area contributed by atoms with E-state index in [1.54, 1.807) is 0 Å². The molecule has 0 spiro atoms. The SMILES string of the molecule is O=[N+]([O-])c1cc(C(F)(F)F)c(Cl)c([N+](=O)[O-])c1Nc1ccc(C(F)(F)F)c(Cl)n1. The fraction of sp³-hybridized carbons (Fsp3) is 0.154. The van der Waals surface area contributed by atoms with E-state index in [1.807, 2.05) is 5.32 Å². The molecule has 0 aliphatic heterocycles. The summed E-state index contributed by atoms with van der Waals surface area (Å²) < 4.78 is 77.2. The lowest BCUT2D eigenvalue weighted by Crippen LogP contribution is -2.12. The molecule has 2 aromatic rings. The van der Waals surface area contributed by atoms with Gasteiger partial charge in [-0.25, -0.2) is 4.98 Å². The number of nitro benzene ring substituents is 2. The molecule has 0 aliphatic carbocycles. The molecular formula is C13H4Cl2F6N4O4. The maximum atomic E-state index is 13.0. The van der Waals surface area contributed by atoms with Crippen LogP contribution in [0.15, 0.2) is 18.2 Å². The van der Waals surface area contributed by atoms with E-state index < -0.39 is 66.4 Å². The Hall–Kier alpha value is -2.87. The lowest BCUT2D eigenvalue weighted by Gasteiger charge is -2.14. The summed E-state index contributed by atoms with van der Waals surface area (Å²) in [5.41, 5.74) is -7.28. The molecule has 0 bridgehead atoms. The molecule has 29 heavy (non-hydrogen) atoms. The third kappa shape index (κ3) is 4.59. The van der Waals surface area contributed by atoms with Gasteiger partial charge in [0.05, 0.1) is 21.0 Å². The average molecular weight is 465 g/mol. The number of halogens is 8. The van der Waals surface area contributed by atoms with Crippen LogP contribution in [0.1, 0.15) is 11.1 Å². The van der Waals surface area contributed by atoms with Gasteiger partial charge in [0.15, 0.2) is 5.69 Å². The molecule has 0 fully saturated rings. The number of aromatic nitrogens is 1. The van der Waals surface area contributed by atoms with Gasteiger partial charge in [0.1, 0.15) is 16.0 Å². The summed E-state index contributed by atoms with van der Waals surface area (Å²) in [4.78, 5) is 22.9. The smallest absolute Gasteiger partial charge is 0.329 e. The van der Waals surface area contributed by atoms with Crippen LogP contribution in [0.4, 0.5) is 49.2 Å². The average Bonchev–Trinajstić information content (AvgIpc) is 2.51. The Balaban J connectivity index is 2.72. The van der Waals surface area contributed by atoms with E-state index in [1.165, 1.54) is 0 Å². The number of hydrogen-bond acceptors (Lipinski definition) is 6. The summed E-state index contributed by atoms with van der Waals surface area (Å²) in [6.45, 7) is 0. The first-order chi connectivity index (χ1) is 13.1. The lowest BCUT2D eigenvalue weighted by atomic mass is 10.1. The molecule has 0 saturated heterocycles. The molecule has 8 nitrogen and oxygen atoms in total. The minimum atomic E-state index is -5.26. The first-order valence-corrected chi connectivity index (χ1v) is 7.63. The third-order valence-electron chi connectivity index (χ3n) is 3.31. The minimum Gasteiger partial charge on any atom is -0.329 e. The van der Waals surface area contributed by atoms with Crippen molar-refractivity contribution in [3.8, 4) is 0 Å². The van der Waals surface area contributed by atoms with E-state index in [4.69, 9.17) is 23.2 Å². The van der Waals surface area contributed by atoms with Crippen LogP contribution in [0.25, 0.3) is 0 Å². The van der Waals surface area contributed by atoms with Gasteiger partial charge in [-0.05, 0) is 12.1 Å². The van der Waals surface area contributed by atoms with Gasteiger partial charge in [0.25, 0.3) is 0 Å². The van der Waals surface area contributed by atoms with Crippen LogP contribution in [0, 0.1) is 20.2 Å². The molecule has 156 valence electrons. The van der Waals surface area contributed by atoms with Gasteiger partial charge in [-0.3, -0.25) is 20.2 Å². The standard InChI is InChI=1S/C13H4Cl2F6N4O4/c14-8-5(13(19,20)21)3-6(24(26)27)9(10(8)25(28)29)22-7-2-1-4(11(15)23-7)12(16,17)18/h1-3H,(H,22,23). The number of pyridine rings is 1. The van der Waals surface area contributed by atoms with Gasteiger partial charge in [0, 0.05) is 6.07 Å². The molecule has 0 unspecified atom stereocenters. The van der Waals surface area contributed by atoms with Crippen LogP contribution in [0.5, 0.6) is 0 Å². The maximum Gasteiger partial charge on any atom is 0.419 e. The summed E-state index contributed by atoms with van der Waals surface area (Å²) >= 11 is 10.8. The number of benzene rings is 1. The van der Waals surface area contributed by atoms with E-state index in [0.29, 0.717) is 12.1 Å². The van der Waals surface area contributed by atoms with Crippen molar-refractivity contribution >= 4 is 46.1 Å². The summed E-state index contributed by atoms with van der Waals surface area (Å²) in [5, 5.41) is 21.8. The topological polar surface area (TPSA) is 111 Å². The predicted molar refractivity (Wildman–Crippen MR) is 87.3 cm³/mol. The monoisotopic (exact) mass is 464 g/mol. The highest BCUT2D eigenvalue weighted by Crippen LogP contribution is 2.48. The van der Waals surface area contributed by atoms with Gasteiger partial charge in [0.2, 0.25) is 0 Å². The first-order valence-electron chi connectivity index (χ1n) is 6.87. The van der Waals surface area contributed by atoms with Gasteiger partial charge < -0.3 is 5.32 Å². The zero-order valence-electron chi connectivity index (χ0n) is 13.2. The molecule has 1 N–H and O–H groups in total. The van der Waals surface area contributed by atoms with Gasteiger partial charge in [-0.2, -0.15) is 26.3 Å². The highest BCUT2D eigenvalue weighted by Gasteiger charge is 2.42. The molecule has 0 radical (unpaired) electrons. The normalized spacial score (nSPS) is 12.0. The van der Waals surface area contributed by atoms with E-state index in [0.717, 1.165) is 0 Å². The Morgan fingerprint density at radius 3 is 1.90 bits per heavy atom. The van der Waals surface area contributed by atoms with E-state index in [2.05, 4.69) is 4.98 Å². The van der Waals surface area contributed by atoms with Crippen molar-refractivity contribution in [1.82, 2.24) is 4.98 Å². The first kappa shape index (κ1) is 22.4. The van der Waals surface area contributed by atoms with E-state index in [-0.39, 0.29) is 6.07 Å². The van der Waals surface area contributed by atoms with Crippen LogP contribution in [0.2, 0.25) is 10.2 Å². The minimum absolute atomic E-state index is 0.0522. The van der Waals surface area contributed by atoms with Crippen molar-refractivity contribution in [3.05, 3.63) is 59.7 Å². The number of rotatable bonds is 4. The van der Waals surface area contributed by atoms with Gasteiger partial charge >= 0.3 is 23.7 Å². The van der Waals surface area contributed by atoms with Crippen LogP contribution >= 0.6 is 23.2 Å². The molecule has 0 saturated carbocycles. The predicted octanol–water partition coefficient (Wildman–Crippen LogP) is 5.99. The maximum absolute atomic E-state index is 13.0. The molecule has 0 atom stereocenters. The second-order valence-electron chi connectivity index (χ2n) is 5.15. The van der Waals surface area contributed by atoms with Crippen molar-refractivity contribution in [2.24, 2.45) is 0 Å². The quantitative estimate of drug-likeness (QED) is 0.257. The fourth-order valence-electron chi connectivity index (χ4n) is 2.12. The van der Waals surface area contributed by atoms with Crippen molar-refractivity contribution in [3.63, 3.8) is 0 Å². The highest BCUT2D eigenvalue weighted by atomic mass is 35.5. The molecule has 0 aliphatic rings. The molecule has 0 amide bonds. The molecule has 1 aromatic carbocycles. The Labute approximate surface area is 165 Å². The Kier molecular flexibility index (Phi) is 5.81. The highest BCUT2D eigenvalue weighted by molar-refractivity contribution is 6.34. The largest absolute Gasteiger partial charge is 0.419 e. The van der Waals surface area contributed by atoms with Crippen molar-refractivity contribution in [2.75, 3.05) is 5.32 Å². The molecule has 16 heteroatoms. The number of hydrogen-bond donors (Lipinski definition) is 1. The van der Waals surface area contributed by atoms with Crippen molar-refractivity contribution in [1.29, 1.82) is 0 Å². The summed E-state index contributed by atoms with van der Waals surface area (Å²) in [5.74, 6) is -0.648. The lowest BCUT2D eigenvalue weighted by molar-refractivity contribution is -0.392. The molecule has 2 rings (SSSR count). The third-order valence-corrected chi connectivity index (χ3v) is 3.98. The van der Waals surface area contributed by atoms with Crippen LogP contribution in [-0.4, -0.2) is 14.8 Å². The molecular weight excluding hydrogens is 461 g/mol. The number of alkyl halides is 6. The number of nitrogens with zero attached hydrogens (tertiary/aromatic N) is 3. The van der Waals surface area contributed by atoms with Crippen LogP contribution < -0.4 is 5.32 Å². The Bertz CT molecular complexity index is 1010. The zero-order chi connectivity index (χ0) is 22.3. The van der Waals surface area contributed by atoms with Gasteiger partial charge in [-0.1, -0.05) is 23.2 Å². The van der Waals surface area contributed by atoms with Crippen molar-refractivity contribution in [2.45, 2.75) is 12.4 Å². The number of nitrogens with one attached hydrogen (secondary N) is 1. The second kappa shape index (κ2) is 7.51.